The summed E-state index contributed by atoms with van der Waals surface area (Å²) in [6.07, 6.45) is 0. The minimum absolute atomic E-state index is 0.00416. The van der Waals surface area contributed by atoms with E-state index >= 15 is 0 Å². The third-order valence-electron chi connectivity index (χ3n) is 6.10. The molecule has 2 aromatic carbocycles. The van der Waals surface area contributed by atoms with Gasteiger partial charge in [0.1, 0.15) is 6.54 Å². The lowest BCUT2D eigenvalue weighted by atomic mass is 10.1. The molecule has 1 aliphatic rings. The molecule has 0 bridgehead atoms. The van der Waals surface area contributed by atoms with Gasteiger partial charge in [-0.05, 0) is 43.3 Å². The Morgan fingerprint density at radius 2 is 1.45 bits per heavy atom. The summed E-state index contributed by atoms with van der Waals surface area (Å²) in [5.41, 5.74) is 3.47. The summed E-state index contributed by atoms with van der Waals surface area (Å²) < 4.78 is 3.23. The quantitative estimate of drug-likeness (QED) is 0.637. The fourth-order valence-corrected chi connectivity index (χ4v) is 4.29. The molecule has 0 radical (unpaired) electrons. The Kier molecular flexibility index (Phi) is 6.53. The zero-order chi connectivity index (χ0) is 21.8. The molecule has 31 heavy (non-hydrogen) atoms. The van der Waals surface area contributed by atoms with E-state index in [9.17, 15) is 9.59 Å². The summed E-state index contributed by atoms with van der Waals surface area (Å²) in [5.74, 6) is -0.204. The predicted molar refractivity (Wildman–Crippen MR) is 124 cm³/mol. The largest absolute Gasteiger partial charge is 0.329 e. The van der Waals surface area contributed by atoms with Crippen LogP contribution in [0.1, 0.15) is 19.4 Å². The van der Waals surface area contributed by atoms with Crippen molar-refractivity contribution in [2.24, 2.45) is 0 Å². The number of nitrogens with one attached hydrogen (secondary N) is 1. The maximum atomic E-state index is 12.7. The number of fused-ring (bicyclic) bond motifs is 1. The molecule has 1 saturated heterocycles. The lowest BCUT2D eigenvalue weighted by Gasteiger charge is -2.34. The second-order valence-corrected chi connectivity index (χ2v) is 8.06. The molecule has 1 amide bonds. The van der Waals surface area contributed by atoms with Gasteiger partial charge in [-0.3, -0.25) is 18.8 Å². The van der Waals surface area contributed by atoms with Gasteiger partial charge in [0.2, 0.25) is 5.91 Å². The molecule has 0 unspecified atom stereocenters. The van der Waals surface area contributed by atoms with Gasteiger partial charge in [0.05, 0.1) is 11.0 Å². The van der Waals surface area contributed by atoms with E-state index in [2.05, 4.69) is 34.2 Å². The molecule has 0 spiro atoms. The fourth-order valence-electron chi connectivity index (χ4n) is 4.29. The number of para-hydroxylation sites is 2. The Bertz CT molecular complexity index is 1090. The molecule has 0 atom stereocenters. The van der Waals surface area contributed by atoms with Crippen LogP contribution in [-0.4, -0.2) is 57.6 Å². The van der Waals surface area contributed by atoms with E-state index < -0.39 is 0 Å². The SMILES string of the molecule is CCN1CCN(Cc2ccc(NC(=O)Cn3c(=O)n(CC)c4ccccc43)cc2)CC1. The van der Waals surface area contributed by atoms with Crippen molar-refractivity contribution in [3.63, 3.8) is 0 Å². The molecule has 3 aromatic rings. The third kappa shape index (κ3) is 4.73. The summed E-state index contributed by atoms with van der Waals surface area (Å²) in [7, 11) is 0. The van der Waals surface area contributed by atoms with E-state index in [4.69, 9.17) is 0 Å². The number of carbonyl (C=O) groups is 1. The maximum absolute atomic E-state index is 12.7. The van der Waals surface area contributed by atoms with Crippen molar-refractivity contribution in [3.05, 3.63) is 64.6 Å². The topological polar surface area (TPSA) is 62.5 Å². The highest BCUT2D eigenvalue weighted by atomic mass is 16.2. The normalized spacial score (nSPS) is 15.4. The van der Waals surface area contributed by atoms with Crippen LogP contribution in [0.5, 0.6) is 0 Å². The van der Waals surface area contributed by atoms with Crippen molar-refractivity contribution in [1.82, 2.24) is 18.9 Å². The number of amides is 1. The van der Waals surface area contributed by atoms with Crippen molar-refractivity contribution in [3.8, 4) is 0 Å². The van der Waals surface area contributed by atoms with Crippen LogP contribution in [-0.2, 0) is 24.4 Å². The van der Waals surface area contributed by atoms with Gasteiger partial charge in [-0.15, -0.1) is 0 Å². The van der Waals surface area contributed by atoms with Crippen molar-refractivity contribution < 1.29 is 4.79 Å². The number of likely N-dealkylation sites (N-methyl/N-ethyl adjacent to an activating group) is 1. The van der Waals surface area contributed by atoms with Gasteiger partial charge in [-0.1, -0.05) is 31.2 Å². The molecule has 4 rings (SSSR count). The number of piperazine rings is 1. The van der Waals surface area contributed by atoms with E-state index in [1.165, 1.54) is 5.56 Å². The molecule has 7 heteroatoms. The van der Waals surface area contributed by atoms with Crippen LogP contribution in [0.15, 0.2) is 53.3 Å². The summed E-state index contributed by atoms with van der Waals surface area (Å²) >= 11 is 0. The Balaban J connectivity index is 1.38. The smallest absolute Gasteiger partial charge is 0.325 e. The van der Waals surface area contributed by atoms with Crippen molar-refractivity contribution in [2.75, 3.05) is 38.0 Å². The molecule has 0 saturated carbocycles. The zero-order valence-electron chi connectivity index (χ0n) is 18.4. The molecule has 0 aliphatic carbocycles. The van der Waals surface area contributed by atoms with Gasteiger partial charge < -0.3 is 10.2 Å². The van der Waals surface area contributed by atoms with E-state index in [-0.39, 0.29) is 18.1 Å². The van der Waals surface area contributed by atoms with Gasteiger partial charge in [-0.2, -0.15) is 0 Å². The summed E-state index contributed by atoms with van der Waals surface area (Å²) in [4.78, 5) is 30.3. The second-order valence-electron chi connectivity index (χ2n) is 8.06. The molecule has 7 nitrogen and oxygen atoms in total. The first kappa shape index (κ1) is 21.3. The minimum Gasteiger partial charge on any atom is -0.325 e. The van der Waals surface area contributed by atoms with E-state index in [1.807, 2.05) is 43.3 Å². The lowest BCUT2D eigenvalue weighted by molar-refractivity contribution is -0.116. The number of aryl methyl sites for hydroxylation is 1. The first-order valence-corrected chi connectivity index (χ1v) is 11.1. The highest BCUT2D eigenvalue weighted by molar-refractivity contribution is 5.91. The van der Waals surface area contributed by atoms with E-state index in [0.717, 1.165) is 56.0 Å². The number of hydrogen-bond acceptors (Lipinski definition) is 4. The summed E-state index contributed by atoms with van der Waals surface area (Å²) in [6, 6.07) is 15.6. The molecular formula is C24H31N5O2. The Morgan fingerprint density at radius 1 is 0.839 bits per heavy atom. The van der Waals surface area contributed by atoms with Crippen molar-refractivity contribution >= 4 is 22.6 Å². The van der Waals surface area contributed by atoms with Crippen LogP contribution < -0.4 is 11.0 Å². The molecule has 1 N–H and O–H groups in total. The van der Waals surface area contributed by atoms with Gasteiger partial charge in [0.25, 0.3) is 0 Å². The van der Waals surface area contributed by atoms with Crippen LogP contribution in [0.2, 0.25) is 0 Å². The minimum atomic E-state index is -0.204. The average molecular weight is 422 g/mol. The van der Waals surface area contributed by atoms with E-state index in [1.54, 1.807) is 9.13 Å². The van der Waals surface area contributed by atoms with Gasteiger partial charge in [-0.25, -0.2) is 4.79 Å². The van der Waals surface area contributed by atoms with Crippen LogP contribution in [0.4, 0.5) is 5.69 Å². The fraction of sp³-hybridized carbons (Fsp3) is 0.417. The number of aromatic nitrogens is 2. The van der Waals surface area contributed by atoms with Gasteiger partial charge in [0, 0.05) is 45.0 Å². The predicted octanol–water partition coefficient (Wildman–Crippen LogP) is 2.60. The van der Waals surface area contributed by atoms with E-state index in [0.29, 0.717) is 6.54 Å². The molecule has 1 fully saturated rings. The number of anilines is 1. The Labute approximate surface area is 182 Å². The number of rotatable bonds is 7. The van der Waals surface area contributed by atoms with Crippen LogP contribution in [0.3, 0.4) is 0 Å². The number of carbonyl (C=O) groups excluding carboxylic acids is 1. The van der Waals surface area contributed by atoms with Crippen LogP contribution in [0, 0.1) is 0 Å². The van der Waals surface area contributed by atoms with Crippen molar-refractivity contribution in [2.45, 2.75) is 33.5 Å². The highest BCUT2D eigenvalue weighted by Crippen LogP contribution is 2.15. The first-order chi connectivity index (χ1) is 15.1. The molecule has 2 heterocycles. The molecule has 1 aliphatic heterocycles. The number of nitrogens with zero attached hydrogens (tertiary/aromatic N) is 4. The maximum Gasteiger partial charge on any atom is 0.329 e. The zero-order valence-corrected chi connectivity index (χ0v) is 18.4. The van der Waals surface area contributed by atoms with Crippen LogP contribution >= 0.6 is 0 Å². The van der Waals surface area contributed by atoms with Crippen molar-refractivity contribution in [1.29, 1.82) is 0 Å². The van der Waals surface area contributed by atoms with Gasteiger partial charge in [0.15, 0.2) is 0 Å². The third-order valence-corrected chi connectivity index (χ3v) is 6.10. The Hall–Kier alpha value is -2.90. The molecular weight excluding hydrogens is 390 g/mol. The number of imidazole rings is 1. The summed E-state index contributed by atoms with van der Waals surface area (Å²) in [5, 5.41) is 2.93. The summed E-state index contributed by atoms with van der Waals surface area (Å²) in [6.45, 7) is 11.2. The molecule has 164 valence electrons. The average Bonchev–Trinajstić information content (AvgIpc) is 3.06. The first-order valence-electron chi connectivity index (χ1n) is 11.1. The lowest BCUT2D eigenvalue weighted by Crippen LogP contribution is -2.45. The Morgan fingerprint density at radius 3 is 2.06 bits per heavy atom. The highest BCUT2D eigenvalue weighted by Gasteiger charge is 2.16. The standard InChI is InChI=1S/C24H31N5O2/c1-3-26-13-15-27(16-14-26)17-19-9-11-20(12-10-19)25-23(30)18-29-22-8-6-5-7-21(22)28(4-2)24(29)31/h5-12H,3-4,13-18H2,1-2H3,(H,25,30). The molecule has 1 aromatic heterocycles. The monoisotopic (exact) mass is 421 g/mol. The number of hydrogen-bond donors (Lipinski definition) is 1. The van der Waals surface area contributed by atoms with Gasteiger partial charge >= 0.3 is 5.69 Å². The second kappa shape index (κ2) is 9.49. The van der Waals surface area contributed by atoms with Crippen LogP contribution in [0.25, 0.3) is 11.0 Å². The number of benzene rings is 2.